The Hall–Kier alpha value is -2.32. The first kappa shape index (κ1) is 20.4. The summed E-state index contributed by atoms with van der Waals surface area (Å²) in [6, 6.07) is 6.79. The quantitative estimate of drug-likeness (QED) is 0.615. The lowest BCUT2D eigenvalue weighted by Crippen LogP contribution is -2.24. The molecule has 9 heteroatoms. The number of thiophene rings is 1. The molecule has 0 saturated carbocycles. The Morgan fingerprint density at radius 1 is 1.32 bits per heavy atom. The molecule has 3 aromatic rings. The van der Waals surface area contributed by atoms with Gasteiger partial charge in [0.25, 0.3) is 5.91 Å². The van der Waals surface area contributed by atoms with Crippen molar-refractivity contribution in [3.8, 4) is 11.3 Å². The van der Waals surface area contributed by atoms with Crippen LogP contribution in [0.4, 0.5) is 13.2 Å². The molecule has 0 aliphatic carbocycles. The summed E-state index contributed by atoms with van der Waals surface area (Å²) in [6.45, 7) is 2.13. The molecule has 2 heterocycles. The highest BCUT2D eigenvalue weighted by atomic mass is 35.5. The minimum absolute atomic E-state index is 0.218. The minimum Gasteiger partial charge on any atom is -0.351 e. The van der Waals surface area contributed by atoms with Crippen molar-refractivity contribution < 1.29 is 18.0 Å². The van der Waals surface area contributed by atoms with Crippen LogP contribution < -0.4 is 5.32 Å². The Morgan fingerprint density at radius 3 is 2.71 bits per heavy atom. The fourth-order valence-corrected chi connectivity index (χ4v) is 4.08. The number of amides is 1. The van der Waals surface area contributed by atoms with Gasteiger partial charge in [0.2, 0.25) is 0 Å². The van der Waals surface area contributed by atoms with Crippen LogP contribution in [0, 0.1) is 6.92 Å². The van der Waals surface area contributed by atoms with Crippen LogP contribution in [0.25, 0.3) is 11.3 Å². The molecule has 0 unspecified atom stereocenters. The molecule has 0 radical (unpaired) electrons. The smallest absolute Gasteiger partial charge is 0.351 e. The van der Waals surface area contributed by atoms with Gasteiger partial charge in [0.15, 0.2) is 0 Å². The predicted molar refractivity (Wildman–Crippen MR) is 104 cm³/mol. The van der Waals surface area contributed by atoms with Gasteiger partial charge in [-0.3, -0.25) is 9.48 Å². The van der Waals surface area contributed by atoms with E-state index >= 15 is 0 Å². The van der Waals surface area contributed by atoms with Crippen LogP contribution >= 0.6 is 22.9 Å². The van der Waals surface area contributed by atoms with Crippen LogP contribution in [0.1, 0.15) is 26.4 Å². The average Bonchev–Trinajstić information content (AvgIpc) is 3.16. The number of aromatic nitrogens is 2. The van der Waals surface area contributed by atoms with Crippen molar-refractivity contribution in [1.82, 2.24) is 15.1 Å². The summed E-state index contributed by atoms with van der Waals surface area (Å²) in [4.78, 5) is 12.8. The zero-order valence-electron chi connectivity index (χ0n) is 15.1. The van der Waals surface area contributed by atoms with E-state index in [1.807, 2.05) is 6.92 Å². The second-order valence-corrected chi connectivity index (χ2v) is 7.96. The maximum Gasteiger partial charge on any atom is 0.416 e. The third kappa shape index (κ3) is 4.39. The summed E-state index contributed by atoms with van der Waals surface area (Å²) in [5.74, 6) is -0.315. The summed E-state index contributed by atoms with van der Waals surface area (Å²) in [5, 5.41) is 6.91. The summed E-state index contributed by atoms with van der Waals surface area (Å²) < 4.78 is 40.5. The second-order valence-electron chi connectivity index (χ2n) is 6.30. The van der Waals surface area contributed by atoms with Crippen molar-refractivity contribution in [3.63, 3.8) is 0 Å². The molecule has 0 atom stereocenters. The highest BCUT2D eigenvalue weighted by Gasteiger charge is 2.30. The standard InChI is InChI=1S/C19H17ClF3N3OS/c1-11-10-25-26(2)16(11)14-9-15(28-17(14)20)18(27)24-7-6-12-4-3-5-13(8-12)19(21,22)23/h3-5,8-10H,6-7H2,1-2H3,(H,24,27). The van der Waals surface area contributed by atoms with E-state index < -0.39 is 11.7 Å². The van der Waals surface area contributed by atoms with E-state index in [1.165, 1.54) is 6.07 Å². The second kappa shape index (κ2) is 7.97. The molecule has 1 amide bonds. The molecule has 0 fully saturated rings. The van der Waals surface area contributed by atoms with E-state index in [4.69, 9.17) is 11.6 Å². The Bertz CT molecular complexity index is 991. The van der Waals surface area contributed by atoms with Gasteiger partial charge >= 0.3 is 6.18 Å². The van der Waals surface area contributed by atoms with E-state index in [2.05, 4.69) is 10.4 Å². The molecule has 1 N–H and O–H groups in total. The van der Waals surface area contributed by atoms with Crippen LogP contribution in [-0.4, -0.2) is 22.2 Å². The van der Waals surface area contributed by atoms with Gasteiger partial charge in [-0.25, -0.2) is 0 Å². The zero-order valence-corrected chi connectivity index (χ0v) is 16.7. The van der Waals surface area contributed by atoms with Crippen molar-refractivity contribution in [1.29, 1.82) is 0 Å². The monoisotopic (exact) mass is 427 g/mol. The maximum atomic E-state index is 12.8. The van der Waals surface area contributed by atoms with Crippen molar-refractivity contribution >= 4 is 28.8 Å². The number of nitrogens with one attached hydrogen (secondary N) is 1. The molecule has 28 heavy (non-hydrogen) atoms. The molecule has 0 bridgehead atoms. The fourth-order valence-electron chi connectivity index (χ4n) is 2.89. The Balaban J connectivity index is 1.66. The van der Waals surface area contributed by atoms with Crippen molar-refractivity contribution in [2.75, 3.05) is 6.54 Å². The molecule has 3 rings (SSSR count). The highest BCUT2D eigenvalue weighted by Crippen LogP contribution is 2.37. The van der Waals surface area contributed by atoms with E-state index in [-0.39, 0.29) is 12.5 Å². The van der Waals surface area contributed by atoms with Crippen LogP contribution in [0.2, 0.25) is 4.34 Å². The van der Waals surface area contributed by atoms with Gasteiger partial charge in [-0.1, -0.05) is 29.8 Å². The number of halogens is 4. The number of rotatable bonds is 5. The number of benzene rings is 1. The van der Waals surface area contributed by atoms with Crippen LogP contribution in [0.15, 0.2) is 36.5 Å². The Morgan fingerprint density at radius 2 is 2.07 bits per heavy atom. The molecule has 2 aromatic heterocycles. The Kier molecular flexibility index (Phi) is 5.81. The SMILES string of the molecule is Cc1cnn(C)c1-c1cc(C(=O)NCCc2cccc(C(F)(F)F)c2)sc1Cl. The van der Waals surface area contributed by atoms with Gasteiger partial charge in [-0.2, -0.15) is 18.3 Å². The molecule has 0 aliphatic heterocycles. The number of hydrogen-bond acceptors (Lipinski definition) is 3. The molecule has 0 saturated heterocycles. The van der Waals surface area contributed by atoms with E-state index in [9.17, 15) is 18.0 Å². The lowest BCUT2D eigenvalue weighted by molar-refractivity contribution is -0.137. The summed E-state index contributed by atoms with van der Waals surface area (Å²) in [5.41, 5.74) is 2.32. The Labute approximate surface area is 168 Å². The van der Waals surface area contributed by atoms with Crippen LogP contribution in [0.5, 0.6) is 0 Å². The highest BCUT2D eigenvalue weighted by molar-refractivity contribution is 7.18. The van der Waals surface area contributed by atoms with Crippen LogP contribution in [0.3, 0.4) is 0 Å². The van der Waals surface area contributed by atoms with Gasteiger partial charge in [-0.15, -0.1) is 11.3 Å². The molecule has 0 spiro atoms. The minimum atomic E-state index is -4.38. The lowest BCUT2D eigenvalue weighted by Gasteiger charge is -2.09. The van der Waals surface area contributed by atoms with Gasteiger partial charge in [0.05, 0.1) is 22.3 Å². The van der Waals surface area contributed by atoms with Gasteiger partial charge in [-0.05, 0) is 36.6 Å². The summed E-state index contributed by atoms with van der Waals surface area (Å²) in [7, 11) is 1.80. The number of hydrogen-bond donors (Lipinski definition) is 1. The topological polar surface area (TPSA) is 46.9 Å². The van der Waals surface area contributed by atoms with E-state index in [0.29, 0.717) is 21.2 Å². The van der Waals surface area contributed by atoms with Gasteiger partial charge < -0.3 is 5.32 Å². The first-order valence-electron chi connectivity index (χ1n) is 8.39. The molecular formula is C19H17ClF3N3OS. The number of nitrogens with zero attached hydrogens (tertiary/aromatic N) is 2. The first-order valence-corrected chi connectivity index (χ1v) is 9.59. The van der Waals surface area contributed by atoms with E-state index in [0.717, 1.165) is 40.3 Å². The fraction of sp³-hybridized carbons (Fsp3) is 0.263. The van der Waals surface area contributed by atoms with Gasteiger partial charge in [0, 0.05) is 19.2 Å². The largest absolute Gasteiger partial charge is 0.416 e. The van der Waals surface area contributed by atoms with Crippen molar-refractivity contribution in [3.05, 3.63) is 62.4 Å². The van der Waals surface area contributed by atoms with Crippen molar-refractivity contribution in [2.24, 2.45) is 7.05 Å². The average molecular weight is 428 g/mol. The molecule has 1 aromatic carbocycles. The number of aryl methyl sites for hydroxylation is 2. The molecule has 0 aliphatic rings. The first-order chi connectivity index (χ1) is 13.2. The number of carbonyl (C=O) groups excluding carboxylic acids is 1. The molecular weight excluding hydrogens is 411 g/mol. The normalized spacial score (nSPS) is 11.6. The number of alkyl halides is 3. The van der Waals surface area contributed by atoms with Crippen LogP contribution in [-0.2, 0) is 19.6 Å². The third-order valence-corrected chi connectivity index (χ3v) is 5.60. The predicted octanol–water partition coefficient (Wildman–Crippen LogP) is 5.10. The number of carbonyl (C=O) groups is 1. The summed E-state index contributed by atoms with van der Waals surface area (Å²) in [6.07, 6.45) is -2.37. The van der Waals surface area contributed by atoms with Crippen molar-refractivity contribution in [2.45, 2.75) is 19.5 Å². The molecule has 4 nitrogen and oxygen atoms in total. The zero-order chi connectivity index (χ0) is 20.5. The van der Waals surface area contributed by atoms with E-state index in [1.54, 1.807) is 30.1 Å². The summed E-state index contributed by atoms with van der Waals surface area (Å²) >= 11 is 7.46. The third-order valence-electron chi connectivity index (χ3n) is 4.24. The maximum absolute atomic E-state index is 12.8. The molecule has 148 valence electrons. The lowest BCUT2D eigenvalue weighted by atomic mass is 10.1. The van der Waals surface area contributed by atoms with Gasteiger partial charge in [0.1, 0.15) is 4.34 Å².